The molecule has 7 aliphatic rings. The molecule has 0 aromatic carbocycles. The normalized spacial score (nSPS) is 58.1. The van der Waals surface area contributed by atoms with Gasteiger partial charge in [-0.15, -0.1) is 0 Å². The number of rotatable bonds is 1. The van der Waals surface area contributed by atoms with Gasteiger partial charge in [0.25, 0.3) is 0 Å². The highest BCUT2D eigenvalue weighted by molar-refractivity contribution is 5.37. The Morgan fingerprint density at radius 1 is 0.944 bits per heavy atom. The molecule has 5 fully saturated rings. The molecule has 4 saturated heterocycles. The molecule has 1 saturated carbocycles. The van der Waals surface area contributed by atoms with Crippen LogP contribution in [0.25, 0.3) is 0 Å². The molecule has 0 amide bonds. The maximum atomic E-state index is 11.4. The lowest BCUT2D eigenvalue weighted by Crippen LogP contribution is -2.63. The van der Waals surface area contributed by atoms with E-state index in [9.17, 15) is 5.11 Å². The summed E-state index contributed by atoms with van der Waals surface area (Å²) in [7, 11) is 1.68. The second-order valence-electron chi connectivity index (χ2n) is 15.3. The summed E-state index contributed by atoms with van der Waals surface area (Å²) < 4.78 is 26.4. The quantitative estimate of drug-likeness (QED) is 0.462. The molecule has 5 nitrogen and oxygen atoms in total. The van der Waals surface area contributed by atoms with Crippen molar-refractivity contribution in [2.75, 3.05) is 7.11 Å². The fourth-order valence-electron chi connectivity index (χ4n) is 11.5. The first-order valence-corrected chi connectivity index (χ1v) is 14.7. The number of allylic oxidation sites excluding steroid dienone is 1. The predicted molar refractivity (Wildman–Crippen MR) is 137 cm³/mol. The molecule has 36 heavy (non-hydrogen) atoms. The van der Waals surface area contributed by atoms with Crippen molar-refractivity contribution < 1.29 is 24.1 Å². The molecule has 0 aromatic rings. The van der Waals surface area contributed by atoms with Gasteiger partial charge in [-0.1, -0.05) is 45.8 Å². The van der Waals surface area contributed by atoms with Gasteiger partial charge in [0.1, 0.15) is 12.2 Å². The average Bonchev–Trinajstić information content (AvgIpc) is 3.40. The molecule has 4 heterocycles. The van der Waals surface area contributed by atoms with E-state index in [1.54, 1.807) is 18.3 Å². The average molecular weight is 501 g/mol. The Hall–Kier alpha value is -0.460. The molecule has 2 bridgehead atoms. The molecule has 11 atom stereocenters. The van der Waals surface area contributed by atoms with Crippen molar-refractivity contribution in [3.05, 3.63) is 11.1 Å². The lowest BCUT2D eigenvalue weighted by atomic mass is 9.52. The van der Waals surface area contributed by atoms with Crippen molar-refractivity contribution in [2.45, 2.75) is 141 Å². The highest BCUT2D eigenvalue weighted by atomic mass is 16.7. The highest BCUT2D eigenvalue weighted by Crippen LogP contribution is 2.73. The van der Waals surface area contributed by atoms with Crippen molar-refractivity contribution >= 4 is 0 Å². The van der Waals surface area contributed by atoms with E-state index >= 15 is 0 Å². The van der Waals surface area contributed by atoms with Crippen molar-refractivity contribution in [1.29, 1.82) is 0 Å². The number of methoxy groups -OCH3 is 1. The fraction of sp³-hybridized carbons (Fsp3) is 0.935. The monoisotopic (exact) mass is 500 g/mol. The minimum atomic E-state index is -1.09. The van der Waals surface area contributed by atoms with Crippen LogP contribution >= 0.6 is 0 Å². The zero-order valence-corrected chi connectivity index (χ0v) is 23.8. The number of fused-ring (bicyclic) bond motifs is 6. The van der Waals surface area contributed by atoms with Gasteiger partial charge in [0, 0.05) is 7.11 Å². The van der Waals surface area contributed by atoms with Crippen LogP contribution in [0, 0.1) is 34.0 Å². The largest absolute Gasteiger partial charge is 0.384 e. The van der Waals surface area contributed by atoms with Gasteiger partial charge in [-0.25, -0.2) is 0 Å². The van der Waals surface area contributed by atoms with Crippen LogP contribution in [0.4, 0.5) is 0 Å². The summed E-state index contributed by atoms with van der Waals surface area (Å²) in [6.45, 7) is 16.3. The van der Waals surface area contributed by atoms with E-state index in [4.69, 9.17) is 18.9 Å². The second-order valence-corrected chi connectivity index (χ2v) is 15.3. The summed E-state index contributed by atoms with van der Waals surface area (Å²) in [5.74, 6) is 0.202. The van der Waals surface area contributed by atoms with E-state index in [2.05, 4.69) is 34.6 Å². The van der Waals surface area contributed by atoms with E-state index in [1.807, 2.05) is 13.8 Å². The van der Waals surface area contributed by atoms with Crippen LogP contribution < -0.4 is 0 Å². The van der Waals surface area contributed by atoms with Gasteiger partial charge in [0.15, 0.2) is 0 Å². The molecule has 7 rings (SSSR count). The van der Waals surface area contributed by atoms with Crippen LogP contribution in [0.2, 0.25) is 0 Å². The molecule has 5 heteroatoms. The maximum Gasteiger partial charge on any atom is 0.224 e. The van der Waals surface area contributed by atoms with Gasteiger partial charge in [-0.3, -0.25) is 0 Å². The standard InChI is InChI=1S/C31H48O5/c1-17-23-20(34-31(33-8)24(17)36-27(4,5)25(31)32)16-29(7)19-9-10-21-26(2,3)22-12-14-30(21,35-22)15-18(19)11-13-28(23,29)6/h17,20-25,32H,9-16H2,1-8H3. The number of aliphatic hydroxyl groups is 1. The molecule has 3 aliphatic carbocycles. The topological polar surface area (TPSA) is 57.2 Å². The zero-order chi connectivity index (χ0) is 25.7. The molecule has 11 unspecified atom stereocenters. The zero-order valence-electron chi connectivity index (χ0n) is 23.8. The third kappa shape index (κ3) is 2.57. The van der Waals surface area contributed by atoms with Crippen molar-refractivity contribution in [3.8, 4) is 0 Å². The fourth-order valence-corrected chi connectivity index (χ4v) is 11.5. The highest BCUT2D eigenvalue weighted by Gasteiger charge is 2.74. The van der Waals surface area contributed by atoms with Crippen LogP contribution in [-0.4, -0.2) is 53.6 Å². The molecular formula is C31H48O5. The van der Waals surface area contributed by atoms with Gasteiger partial charge in [0.2, 0.25) is 5.79 Å². The molecule has 202 valence electrons. The van der Waals surface area contributed by atoms with Crippen LogP contribution in [-0.2, 0) is 18.9 Å². The summed E-state index contributed by atoms with van der Waals surface area (Å²) in [6.07, 6.45) is 8.89. The van der Waals surface area contributed by atoms with Crippen LogP contribution in [0.3, 0.4) is 0 Å². The summed E-state index contributed by atoms with van der Waals surface area (Å²) in [6, 6.07) is 0. The molecule has 0 aromatic heterocycles. The molecule has 4 aliphatic heterocycles. The Morgan fingerprint density at radius 3 is 2.42 bits per heavy atom. The van der Waals surface area contributed by atoms with Crippen molar-refractivity contribution in [3.63, 3.8) is 0 Å². The van der Waals surface area contributed by atoms with E-state index < -0.39 is 17.5 Å². The lowest BCUT2D eigenvalue weighted by Gasteiger charge is -2.54. The van der Waals surface area contributed by atoms with E-state index in [0.717, 1.165) is 12.8 Å². The number of hydrogen-bond donors (Lipinski definition) is 1. The van der Waals surface area contributed by atoms with Crippen molar-refractivity contribution in [2.24, 2.45) is 34.0 Å². The van der Waals surface area contributed by atoms with Crippen LogP contribution in [0.5, 0.6) is 0 Å². The number of hydrogen-bond acceptors (Lipinski definition) is 5. The maximum absolute atomic E-state index is 11.4. The first kappa shape index (κ1) is 24.6. The molecule has 1 spiro atoms. The van der Waals surface area contributed by atoms with Gasteiger partial charge in [0.05, 0.1) is 23.4 Å². The molecular weight excluding hydrogens is 452 g/mol. The molecule has 1 N–H and O–H groups in total. The van der Waals surface area contributed by atoms with Gasteiger partial charge >= 0.3 is 0 Å². The van der Waals surface area contributed by atoms with Gasteiger partial charge in [-0.2, -0.15) is 0 Å². The van der Waals surface area contributed by atoms with Crippen molar-refractivity contribution in [1.82, 2.24) is 0 Å². The Balaban J connectivity index is 1.27. The first-order valence-electron chi connectivity index (χ1n) is 14.7. The van der Waals surface area contributed by atoms with Crippen LogP contribution in [0.15, 0.2) is 11.1 Å². The second kappa shape index (κ2) is 6.99. The Labute approximate surface area is 217 Å². The minimum Gasteiger partial charge on any atom is -0.384 e. The summed E-state index contributed by atoms with van der Waals surface area (Å²) in [5, 5.41) is 11.4. The van der Waals surface area contributed by atoms with E-state index in [-0.39, 0.29) is 40.0 Å². The Bertz CT molecular complexity index is 1020. The molecule has 0 radical (unpaired) electrons. The smallest absolute Gasteiger partial charge is 0.224 e. The summed E-state index contributed by atoms with van der Waals surface area (Å²) >= 11 is 0. The summed E-state index contributed by atoms with van der Waals surface area (Å²) in [5.41, 5.74) is 3.34. The summed E-state index contributed by atoms with van der Waals surface area (Å²) in [4.78, 5) is 0. The first-order chi connectivity index (χ1) is 16.8. The minimum absolute atomic E-state index is 0.0645. The third-order valence-corrected chi connectivity index (χ3v) is 13.4. The predicted octanol–water partition coefficient (Wildman–Crippen LogP) is 5.78. The SMILES string of the molecule is COC12OC3CC4(C)C5=C(CCC4(C)C3C(C)C1OC(C)(C)C2O)CC12CCC(O1)C(C)(C)C2CC5. The number of aliphatic hydroxyl groups excluding tert-OH is 1. The van der Waals surface area contributed by atoms with Crippen LogP contribution in [0.1, 0.15) is 99.8 Å². The Morgan fingerprint density at radius 2 is 1.69 bits per heavy atom. The van der Waals surface area contributed by atoms with Gasteiger partial charge in [-0.05, 0) is 99.2 Å². The number of ether oxygens (including phenoxy) is 4. The van der Waals surface area contributed by atoms with E-state index in [1.165, 1.54) is 38.5 Å². The lowest BCUT2D eigenvalue weighted by molar-refractivity contribution is -0.337. The van der Waals surface area contributed by atoms with Gasteiger partial charge < -0.3 is 24.1 Å². The van der Waals surface area contributed by atoms with E-state index in [0.29, 0.717) is 17.9 Å². The Kier molecular flexibility index (Phi) is 4.77. The third-order valence-electron chi connectivity index (χ3n) is 13.4.